The Balaban J connectivity index is 1.84. The minimum absolute atomic E-state index is 0.0639. The van der Waals surface area contributed by atoms with E-state index in [0.29, 0.717) is 21.1 Å². The number of hydrogen-bond acceptors (Lipinski definition) is 5. The van der Waals surface area contributed by atoms with Crippen LogP contribution in [0.25, 0.3) is 10.9 Å². The number of nitrogens with one attached hydrogen (secondary N) is 1. The molecule has 8 heteroatoms. The highest BCUT2D eigenvalue weighted by atomic mass is 35.5. The largest absolute Gasteiger partial charge is 0.392 e. The molecular formula is C18H22ClN3O3S. The fraction of sp³-hybridized carbons (Fsp3) is 0.500. The van der Waals surface area contributed by atoms with E-state index in [-0.39, 0.29) is 29.8 Å². The van der Waals surface area contributed by atoms with Gasteiger partial charge in [0.1, 0.15) is 0 Å². The van der Waals surface area contributed by atoms with Crippen LogP contribution in [0.5, 0.6) is 0 Å². The molecule has 1 fully saturated rings. The number of aliphatic hydroxyl groups is 1. The van der Waals surface area contributed by atoms with Crippen LogP contribution < -0.4 is 10.9 Å². The Morgan fingerprint density at radius 2 is 2.19 bits per heavy atom. The molecule has 140 valence electrons. The molecule has 0 aliphatic heterocycles. The monoisotopic (exact) mass is 395 g/mol. The van der Waals surface area contributed by atoms with Crippen molar-refractivity contribution in [3.05, 3.63) is 33.6 Å². The minimum atomic E-state index is -0.703. The van der Waals surface area contributed by atoms with Crippen LogP contribution in [0.2, 0.25) is 5.02 Å². The number of hydrogen-bond donors (Lipinski definition) is 2. The second-order valence-corrected chi connectivity index (χ2v) is 8.04. The zero-order valence-corrected chi connectivity index (χ0v) is 16.1. The molecule has 3 rings (SSSR count). The van der Waals surface area contributed by atoms with Crippen LogP contribution in [-0.2, 0) is 11.3 Å². The molecule has 1 amide bonds. The molecule has 1 heterocycles. The molecule has 2 N–H and O–H groups in total. The van der Waals surface area contributed by atoms with Gasteiger partial charge in [-0.3, -0.25) is 14.2 Å². The topological polar surface area (TPSA) is 84.2 Å². The first-order valence-electron chi connectivity index (χ1n) is 8.74. The Morgan fingerprint density at radius 3 is 2.88 bits per heavy atom. The average Bonchev–Trinajstić information content (AvgIpc) is 3.08. The molecule has 0 spiro atoms. The van der Waals surface area contributed by atoms with Crippen LogP contribution in [0.3, 0.4) is 0 Å². The van der Waals surface area contributed by atoms with Crippen LogP contribution in [0.4, 0.5) is 0 Å². The summed E-state index contributed by atoms with van der Waals surface area (Å²) in [5, 5.41) is 14.1. The van der Waals surface area contributed by atoms with E-state index in [9.17, 15) is 14.7 Å². The highest BCUT2D eigenvalue weighted by Gasteiger charge is 2.19. The maximum Gasteiger partial charge on any atom is 0.262 e. The normalized spacial score (nSPS) is 16.1. The van der Waals surface area contributed by atoms with E-state index < -0.39 is 6.10 Å². The van der Waals surface area contributed by atoms with Crippen molar-refractivity contribution >= 4 is 40.2 Å². The summed E-state index contributed by atoms with van der Waals surface area (Å²) in [6, 6.07) is 5.16. The highest BCUT2D eigenvalue weighted by Crippen LogP contribution is 2.22. The van der Waals surface area contributed by atoms with E-state index in [0.717, 1.165) is 25.7 Å². The molecule has 0 saturated heterocycles. The summed E-state index contributed by atoms with van der Waals surface area (Å²) in [6.07, 6.45) is 3.65. The van der Waals surface area contributed by atoms with Gasteiger partial charge in [-0.2, -0.15) is 0 Å². The maximum absolute atomic E-state index is 12.8. The molecule has 1 aliphatic carbocycles. The molecular weight excluding hydrogens is 374 g/mol. The SMILES string of the molecule is C[C@H](O)Cn1c(SCC(=O)NC2CCCC2)nc2cc(Cl)ccc2c1=O. The van der Waals surface area contributed by atoms with Crippen LogP contribution in [0.15, 0.2) is 28.2 Å². The summed E-state index contributed by atoms with van der Waals surface area (Å²) >= 11 is 7.21. The van der Waals surface area contributed by atoms with E-state index in [1.165, 1.54) is 16.3 Å². The summed E-state index contributed by atoms with van der Waals surface area (Å²) in [4.78, 5) is 29.5. The summed E-state index contributed by atoms with van der Waals surface area (Å²) in [5.41, 5.74) is 0.245. The van der Waals surface area contributed by atoms with Crippen molar-refractivity contribution in [2.24, 2.45) is 0 Å². The van der Waals surface area contributed by atoms with Gasteiger partial charge in [0.05, 0.1) is 29.3 Å². The number of rotatable bonds is 6. The first-order chi connectivity index (χ1) is 12.4. The van der Waals surface area contributed by atoms with Crippen LogP contribution in [-0.4, -0.2) is 38.5 Å². The third-order valence-electron chi connectivity index (χ3n) is 4.38. The second kappa shape index (κ2) is 8.41. The molecule has 0 unspecified atom stereocenters. The lowest BCUT2D eigenvalue weighted by Crippen LogP contribution is -2.34. The van der Waals surface area contributed by atoms with Gasteiger partial charge in [-0.15, -0.1) is 0 Å². The predicted octanol–water partition coefficient (Wildman–Crippen LogP) is 2.58. The molecule has 1 atom stereocenters. The molecule has 2 aromatic rings. The molecule has 1 aromatic carbocycles. The third kappa shape index (κ3) is 4.58. The summed E-state index contributed by atoms with van der Waals surface area (Å²) in [7, 11) is 0. The lowest BCUT2D eigenvalue weighted by Gasteiger charge is -2.15. The number of amides is 1. The van der Waals surface area contributed by atoms with E-state index in [2.05, 4.69) is 10.3 Å². The van der Waals surface area contributed by atoms with Crippen molar-refractivity contribution in [2.45, 2.75) is 56.5 Å². The molecule has 0 radical (unpaired) electrons. The van der Waals surface area contributed by atoms with Gasteiger partial charge in [-0.1, -0.05) is 36.2 Å². The molecule has 26 heavy (non-hydrogen) atoms. The Morgan fingerprint density at radius 1 is 1.46 bits per heavy atom. The number of carbonyl (C=O) groups is 1. The van der Waals surface area contributed by atoms with Gasteiger partial charge in [0.15, 0.2) is 5.16 Å². The zero-order valence-electron chi connectivity index (χ0n) is 14.6. The number of benzene rings is 1. The number of nitrogens with zero attached hydrogens (tertiary/aromatic N) is 2. The number of carbonyl (C=O) groups excluding carboxylic acids is 1. The fourth-order valence-electron chi connectivity index (χ4n) is 3.18. The first-order valence-corrected chi connectivity index (χ1v) is 10.1. The van der Waals surface area contributed by atoms with Gasteiger partial charge in [0, 0.05) is 11.1 Å². The summed E-state index contributed by atoms with van der Waals surface area (Å²) in [5.74, 6) is 0.111. The van der Waals surface area contributed by atoms with Crippen molar-refractivity contribution in [1.29, 1.82) is 0 Å². The van der Waals surface area contributed by atoms with Gasteiger partial charge in [-0.05, 0) is 38.0 Å². The lowest BCUT2D eigenvalue weighted by molar-refractivity contribution is -0.119. The molecule has 1 aromatic heterocycles. The van der Waals surface area contributed by atoms with E-state index >= 15 is 0 Å². The van der Waals surface area contributed by atoms with Crippen molar-refractivity contribution in [2.75, 3.05) is 5.75 Å². The second-order valence-electron chi connectivity index (χ2n) is 6.66. The zero-order chi connectivity index (χ0) is 18.7. The minimum Gasteiger partial charge on any atom is -0.392 e. The van der Waals surface area contributed by atoms with Gasteiger partial charge in [-0.25, -0.2) is 4.98 Å². The van der Waals surface area contributed by atoms with Gasteiger partial charge in [0.25, 0.3) is 5.56 Å². The van der Waals surface area contributed by atoms with Crippen LogP contribution in [0, 0.1) is 0 Å². The molecule has 1 saturated carbocycles. The van der Waals surface area contributed by atoms with Gasteiger partial charge in [0.2, 0.25) is 5.91 Å². The van der Waals surface area contributed by atoms with E-state index in [4.69, 9.17) is 11.6 Å². The number of halogens is 1. The number of thioether (sulfide) groups is 1. The maximum atomic E-state index is 12.8. The van der Waals surface area contributed by atoms with Gasteiger partial charge >= 0.3 is 0 Å². The molecule has 6 nitrogen and oxygen atoms in total. The third-order valence-corrected chi connectivity index (χ3v) is 5.59. The quantitative estimate of drug-likeness (QED) is 0.580. The summed E-state index contributed by atoms with van der Waals surface area (Å²) < 4.78 is 1.43. The standard InChI is InChI=1S/C18H22ClN3O3S/c1-11(23)9-22-17(25)14-7-6-12(19)8-15(14)21-18(22)26-10-16(24)20-13-4-2-3-5-13/h6-8,11,13,23H,2-5,9-10H2,1H3,(H,20,24)/t11-/m0/s1. The van der Waals surface area contributed by atoms with Crippen molar-refractivity contribution in [3.63, 3.8) is 0 Å². The Labute approximate surface area is 160 Å². The smallest absolute Gasteiger partial charge is 0.262 e. The van der Waals surface area contributed by atoms with Crippen molar-refractivity contribution < 1.29 is 9.90 Å². The number of aromatic nitrogens is 2. The average molecular weight is 396 g/mol. The Hall–Kier alpha value is -1.57. The predicted molar refractivity (Wildman–Crippen MR) is 104 cm³/mol. The van der Waals surface area contributed by atoms with Crippen LogP contribution in [0.1, 0.15) is 32.6 Å². The van der Waals surface area contributed by atoms with E-state index in [1.54, 1.807) is 25.1 Å². The summed E-state index contributed by atoms with van der Waals surface area (Å²) in [6.45, 7) is 1.73. The Bertz CT molecular complexity index is 863. The first kappa shape index (κ1) is 19.2. The van der Waals surface area contributed by atoms with Crippen molar-refractivity contribution in [3.8, 4) is 0 Å². The van der Waals surface area contributed by atoms with E-state index in [1.807, 2.05) is 0 Å². The lowest BCUT2D eigenvalue weighted by atomic mass is 10.2. The fourth-order valence-corrected chi connectivity index (χ4v) is 4.16. The molecule has 0 bridgehead atoms. The molecule has 1 aliphatic rings. The number of fused-ring (bicyclic) bond motifs is 1. The van der Waals surface area contributed by atoms with Crippen molar-refractivity contribution in [1.82, 2.24) is 14.9 Å². The van der Waals surface area contributed by atoms with Crippen LogP contribution >= 0.6 is 23.4 Å². The Kier molecular flexibility index (Phi) is 6.21. The number of aliphatic hydroxyl groups excluding tert-OH is 1. The highest BCUT2D eigenvalue weighted by molar-refractivity contribution is 7.99. The van der Waals surface area contributed by atoms with Gasteiger partial charge < -0.3 is 10.4 Å².